The van der Waals surface area contributed by atoms with Crippen LogP contribution in [0.2, 0.25) is 0 Å². The number of hydrogen-bond donors (Lipinski definition) is 0. The summed E-state index contributed by atoms with van der Waals surface area (Å²) in [4.78, 5) is 4.66. The van der Waals surface area contributed by atoms with Gasteiger partial charge < -0.3 is 4.84 Å². The monoisotopic (exact) mass is 151 g/mol. The zero-order chi connectivity index (χ0) is 7.68. The maximum absolute atomic E-state index is 4.66. The molecule has 3 atom stereocenters. The second-order valence-electron chi connectivity index (χ2n) is 3.38. The van der Waals surface area contributed by atoms with Crippen molar-refractivity contribution in [2.24, 2.45) is 22.9 Å². The summed E-state index contributed by atoms with van der Waals surface area (Å²) in [6.07, 6.45) is 9.21. The van der Waals surface area contributed by atoms with E-state index in [1.54, 1.807) is 7.11 Å². The quantitative estimate of drug-likeness (QED) is 0.335. The van der Waals surface area contributed by atoms with Gasteiger partial charge in [-0.15, -0.1) is 0 Å². The van der Waals surface area contributed by atoms with E-state index in [1.807, 2.05) is 6.21 Å². The van der Waals surface area contributed by atoms with Crippen molar-refractivity contribution in [1.82, 2.24) is 0 Å². The Balaban J connectivity index is 1.98. The molecule has 0 aromatic carbocycles. The van der Waals surface area contributed by atoms with Crippen LogP contribution >= 0.6 is 0 Å². The Morgan fingerprint density at radius 1 is 1.45 bits per heavy atom. The standard InChI is InChI=1S/C9H13NO/c1-11-10-6-9-5-7-2-3-8(9)4-7/h2-3,6-9H,4-5H2,1H3/t7?,8-,9?/m1/s1. The van der Waals surface area contributed by atoms with Crippen molar-refractivity contribution in [3.63, 3.8) is 0 Å². The first-order valence-corrected chi connectivity index (χ1v) is 4.15. The molecule has 11 heavy (non-hydrogen) atoms. The number of rotatable bonds is 2. The van der Waals surface area contributed by atoms with Crippen molar-refractivity contribution in [2.75, 3.05) is 7.11 Å². The molecule has 0 aromatic heterocycles. The van der Waals surface area contributed by atoms with E-state index in [-0.39, 0.29) is 0 Å². The molecule has 60 valence electrons. The van der Waals surface area contributed by atoms with Gasteiger partial charge in [0.05, 0.1) is 0 Å². The Morgan fingerprint density at radius 2 is 2.36 bits per heavy atom. The fourth-order valence-corrected chi connectivity index (χ4v) is 2.13. The van der Waals surface area contributed by atoms with Gasteiger partial charge >= 0.3 is 0 Å². The number of oxime groups is 1. The van der Waals surface area contributed by atoms with E-state index in [2.05, 4.69) is 22.1 Å². The summed E-state index contributed by atoms with van der Waals surface area (Å²) in [5.41, 5.74) is 0. The molecule has 0 heterocycles. The highest BCUT2D eigenvalue weighted by atomic mass is 16.6. The number of hydrogen-bond acceptors (Lipinski definition) is 2. The van der Waals surface area contributed by atoms with Crippen molar-refractivity contribution in [3.8, 4) is 0 Å². The first kappa shape index (κ1) is 6.89. The lowest BCUT2D eigenvalue weighted by Crippen LogP contribution is -2.07. The van der Waals surface area contributed by atoms with Crippen LogP contribution in [0.1, 0.15) is 12.8 Å². The van der Waals surface area contributed by atoms with Gasteiger partial charge in [-0.25, -0.2) is 0 Å². The first-order valence-electron chi connectivity index (χ1n) is 4.15. The van der Waals surface area contributed by atoms with Crippen LogP contribution in [-0.4, -0.2) is 13.3 Å². The smallest absolute Gasteiger partial charge is 0.106 e. The fraction of sp³-hybridized carbons (Fsp3) is 0.667. The van der Waals surface area contributed by atoms with Gasteiger partial charge in [0, 0.05) is 12.1 Å². The molecule has 2 rings (SSSR count). The second kappa shape index (κ2) is 2.68. The lowest BCUT2D eigenvalue weighted by atomic mass is 9.95. The minimum Gasteiger partial charge on any atom is -0.399 e. The predicted octanol–water partition coefficient (Wildman–Crippen LogP) is 1.83. The molecule has 2 bridgehead atoms. The summed E-state index contributed by atoms with van der Waals surface area (Å²) in [6.45, 7) is 0. The molecule has 0 saturated heterocycles. The summed E-state index contributed by atoms with van der Waals surface area (Å²) in [7, 11) is 1.60. The molecule has 0 radical (unpaired) electrons. The number of nitrogens with zero attached hydrogens (tertiary/aromatic N) is 1. The zero-order valence-corrected chi connectivity index (χ0v) is 6.73. The summed E-state index contributed by atoms with van der Waals surface area (Å²) in [5, 5.41) is 3.81. The summed E-state index contributed by atoms with van der Waals surface area (Å²) in [6, 6.07) is 0. The Kier molecular flexibility index (Phi) is 1.68. The summed E-state index contributed by atoms with van der Waals surface area (Å²) >= 11 is 0. The van der Waals surface area contributed by atoms with Gasteiger partial charge in [0.15, 0.2) is 0 Å². The highest BCUT2D eigenvalue weighted by Gasteiger charge is 2.34. The first-order chi connectivity index (χ1) is 5.40. The molecule has 2 heteroatoms. The minimum atomic E-state index is 0.643. The molecular weight excluding hydrogens is 138 g/mol. The maximum Gasteiger partial charge on any atom is 0.106 e. The van der Waals surface area contributed by atoms with Gasteiger partial charge in [-0.2, -0.15) is 0 Å². The topological polar surface area (TPSA) is 21.6 Å². The molecule has 2 aliphatic carbocycles. The Labute approximate surface area is 66.9 Å². The molecule has 0 N–H and O–H groups in total. The molecule has 0 amide bonds. The molecule has 2 aliphatic rings. The van der Waals surface area contributed by atoms with E-state index in [4.69, 9.17) is 0 Å². The molecule has 1 saturated carbocycles. The van der Waals surface area contributed by atoms with Crippen LogP contribution in [0.15, 0.2) is 17.3 Å². The van der Waals surface area contributed by atoms with Crippen molar-refractivity contribution in [1.29, 1.82) is 0 Å². The average molecular weight is 151 g/mol. The summed E-state index contributed by atoms with van der Waals surface area (Å²) in [5.74, 6) is 2.22. The number of fused-ring (bicyclic) bond motifs is 2. The van der Waals surface area contributed by atoms with Crippen LogP contribution in [0.25, 0.3) is 0 Å². The van der Waals surface area contributed by atoms with Gasteiger partial charge in [0.2, 0.25) is 0 Å². The third-order valence-corrected chi connectivity index (χ3v) is 2.69. The van der Waals surface area contributed by atoms with Gasteiger partial charge in [-0.1, -0.05) is 17.3 Å². The highest BCUT2D eigenvalue weighted by Crippen LogP contribution is 2.42. The minimum absolute atomic E-state index is 0.643. The molecule has 2 unspecified atom stereocenters. The maximum atomic E-state index is 4.66. The van der Waals surface area contributed by atoms with Gasteiger partial charge in [-0.3, -0.25) is 0 Å². The molecule has 0 spiro atoms. The van der Waals surface area contributed by atoms with E-state index in [1.165, 1.54) is 12.8 Å². The Morgan fingerprint density at radius 3 is 2.91 bits per heavy atom. The normalized spacial score (nSPS) is 40.6. The lowest BCUT2D eigenvalue weighted by molar-refractivity contribution is 0.212. The molecule has 0 aromatic rings. The molecule has 2 nitrogen and oxygen atoms in total. The van der Waals surface area contributed by atoms with Crippen molar-refractivity contribution in [3.05, 3.63) is 12.2 Å². The summed E-state index contributed by atoms with van der Waals surface area (Å²) < 4.78 is 0. The predicted molar refractivity (Wildman–Crippen MR) is 44.3 cm³/mol. The van der Waals surface area contributed by atoms with Gasteiger partial charge in [-0.05, 0) is 24.7 Å². The average Bonchev–Trinajstić information content (AvgIpc) is 2.60. The van der Waals surface area contributed by atoms with Crippen LogP contribution in [0.3, 0.4) is 0 Å². The largest absolute Gasteiger partial charge is 0.399 e. The van der Waals surface area contributed by atoms with E-state index in [9.17, 15) is 0 Å². The fourth-order valence-electron chi connectivity index (χ4n) is 2.13. The SMILES string of the molecule is CON=CC1CC2C=C[C@@H]1C2. The van der Waals surface area contributed by atoms with Crippen LogP contribution in [0, 0.1) is 17.8 Å². The highest BCUT2D eigenvalue weighted by molar-refractivity contribution is 5.62. The lowest BCUT2D eigenvalue weighted by Gasteiger charge is -2.10. The third-order valence-electron chi connectivity index (χ3n) is 2.69. The second-order valence-corrected chi connectivity index (χ2v) is 3.38. The van der Waals surface area contributed by atoms with Crippen LogP contribution in [0.5, 0.6) is 0 Å². The van der Waals surface area contributed by atoms with Gasteiger partial charge in [0.25, 0.3) is 0 Å². The van der Waals surface area contributed by atoms with E-state index in [0.29, 0.717) is 5.92 Å². The van der Waals surface area contributed by atoms with E-state index >= 15 is 0 Å². The van der Waals surface area contributed by atoms with Crippen LogP contribution in [-0.2, 0) is 4.84 Å². The van der Waals surface area contributed by atoms with Crippen molar-refractivity contribution in [2.45, 2.75) is 12.8 Å². The number of allylic oxidation sites excluding steroid dienone is 2. The van der Waals surface area contributed by atoms with E-state index < -0.39 is 0 Å². The molecular formula is C9H13NO. The Hall–Kier alpha value is -0.790. The van der Waals surface area contributed by atoms with Gasteiger partial charge in [0.1, 0.15) is 7.11 Å². The molecule has 1 fully saturated rings. The zero-order valence-electron chi connectivity index (χ0n) is 6.73. The molecule has 0 aliphatic heterocycles. The van der Waals surface area contributed by atoms with Crippen molar-refractivity contribution >= 4 is 6.21 Å². The van der Waals surface area contributed by atoms with E-state index in [0.717, 1.165) is 11.8 Å². The van der Waals surface area contributed by atoms with Crippen LogP contribution in [0.4, 0.5) is 0 Å². The van der Waals surface area contributed by atoms with Crippen LogP contribution < -0.4 is 0 Å². The Bertz CT molecular complexity index is 198. The van der Waals surface area contributed by atoms with Crippen molar-refractivity contribution < 1.29 is 4.84 Å². The third kappa shape index (κ3) is 1.17.